The van der Waals surface area contributed by atoms with Gasteiger partial charge in [-0.25, -0.2) is 0 Å². The van der Waals surface area contributed by atoms with Crippen LogP contribution in [0.3, 0.4) is 0 Å². The van der Waals surface area contributed by atoms with E-state index in [0.29, 0.717) is 12.8 Å². The topological polar surface area (TPSA) is 86.8 Å². The molecule has 24 heavy (non-hydrogen) atoms. The van der Waals surface area contributed by atoms with Crippen molar-refractivity contribution in [1.82, 2.24) is 15.1 Å². The fourth-order valence-electron chi connectivity index (χ4n) is 2.29. The van der Waals surface area contributed by atoms with Gasteiger partial charge in [-0.05, 0) is 26.2 Å². The minimum atomic E-state index is -0.773. The van der Waals surface area contributed by atoms with Crippen LogP contribution in [0.15, 0.2) is 0 Å². The molecule has 0 aromatic carbocycles. The van der Waals surface area contributed by atoms with Crippen LogP contribution in [-0.4, -0.2) is 66.0 Å². The zero-order valence-corrected chi connectivity index (χ0v) is 15.8. The van der Waals surface area contributed by atoms with Crippen molar-refractivity contribution in [1.29, 1.82) is 0 Å². The fraction of sp³-hybridized carbons (Fsp3) is 0.765. The van der Waals surface area contributed by atoms with Crippen LogP contribution in [0.2, 0.25) is 0 Å². The number of rotatable bonds is 9. The summed E-state index contributed by atoms with van der Waals surface area (Å²) in [7, 11) is 3.11. The van der Waals surface area contributed by atoms with Crippen molar-refractivity contribution in [3.63, 3.8) is 0 Å². The summed E-state index contributed by atoms with van der Waals surface area (Å²) in [6.07, 6.45) is 1.63. The van der Waals surface area contributed by atoms with Crippen molar-refractivity contribution >= 4 is 24.0 Å². The molecule has 3 amide bonds. The summed E-state index contributed by atoms with van der Waals surface area (Å²) in [5.41, 5.74) is 0. The van der Waals surface area contributed by atoms with Crippen molar-refractivity contribution in [3.8, 4) is 0 Å². The largest absolute Gasteiger partial charge is 0.343 e. The maximum atomic E-state index is 12.4. The number of likely N-dealkylation sites (N-methyl/N-ethyl adjacent to an activating group) is 2. The number of aldehydes is 1. The molecule has 3 atom stereocenters. The molecule has 0 unspecified atom stereocenters. The van der Waals surface area contributed by atoms with Gasteiger partial charge in [0.1, 0.15) is 18.4 Å². The smallest absolute Gasteiger partial charge is 0.245 e. The number of hydrogen-bond acceptors (Lipinski definition) is 4. The highest BCUT2D eigenvalue weighted by molar-refractivity contribution is 5.92. The molecule has 0 aliphatic carbocycles. The number of nitrogens with zero attached hydrogens (tertiary/aromatic N) is 2. The van der Waals surface area contributed by atoms with Crippen LogP contribution in [0.4, 0.5) is 0 Å². The highest BCUT2D eigenvalue weighted by Crippen LogP contribution is 2.10. The van der Waals surface area contributed by atoms with E-state index in [4.69, 9.17) is 0 Å². The molecule has 0 fully saturated rings. The Kier molecular flexibility index (Phi) is 9.25. The maximum Gasteiger partial charge on any atom is 0.245 e. The lowest BCUT2D eigenvalue weighted by atomic mass is 10.0. The normalized spacial score (nSPS) is 14.5. The second kappa shape index (κ2) is 10.1. The highest BCUT2D eigenvalue weighted by Gasteiger charge is 2.28. The fourth-order valence-corrected chi connectivity index (χ4v) is 2.29. The lowest BCUT2D eigenvalue weighted by Gasteiger charge is -2.29. The highest BCUT2D eigenvalue weighted by atomic mass is 16.2. The number of carbonyl (C=O) groups excluding carboxylic acids is 4. The van der Waals surface area contributed by atoms with Gasteiger partial charge >= 0.3 is 0 Å². The van der Waals surface area contributed by atoms with E-state index in [1.54, 1.807) is 34.9 Å². The van der Waals surface area contributed by atoms with Gasteiger partial charge in [0.2, 0.25) is 17.7 Å². The third-order valence-corrected chi connectivity index (χ3v) is 4.10. The lowest BCUT2D eigenvalue weighted by Crippen LogP contribution is -2.53. The third-order valence-electron chi connectivity index (χ3n) is 4.10. The summed E-state index contributed by atoms with van der Waals surface area (Å²) in [6, 6.07) is -1.96. The molecule has 0 radical (unpaired) electrons. The summed E-state index contributed by atoms with van der Waals surface area (Å²) >= 11 is 0. The van der Waals surface area contributed by atoms with Crippen LogP contribution < -0.4 is 5.32 Å². The van der Waals surface area contributed by atoms with Crippen molar-refractivity contribution < 1.29 is 19.2 Å². The van der Waals surface area contributed by atoms with Crippen LogP contribution >= 0.6 is 0 Å². The van der Waals surface area contributed by atoms with Gasteiger partial charge in [-0.2, -0.15) is 0 Å². The summed E-state index contributed by atoms with van der Waals surface area (Å²) in [5.74, 6) is -0.612. The predicted octanol–water partition coefficient (Wildman–Crippen LogP) is 0.820. The first-order valence-electron chi connectivity index (χ1n) is 8.34. The van der Waals surface area contributed by atoms with Gasteiger partial charge in [-0.15, -0.1) is 0 Å². The van der Waals surface area contributed by atoms with Crippen LogP contribution in [0.1, 0.15) is 47.5 Å². The van der Waals surface area contributed by atoms with Gasteiger partial charge in [0, 0.05) is 20.5 Å². The minimum absolute atomic E-state index is 0.147. The second-order valence-electron chi connectivity index (χ2n) is 6.55. The first-order valence-corrected chi connectivity index (χ1v) is 8.34. The Morgan fingerprint density at radius 1 is 1.04 bits per heavy atom. The molecule has 0 aliphatic rings. The van der Waals surface area contributed by atoms with Gasteiger partial charge in [0.15, 0.2) is 0 Å². The second-order valence-corrected chi connectivity index (χ2v) is 6.55. The van der Waals surface area contributed by atoms with Gasteiger partial charge in [-0.3, -0.25) is 14.4 Å². The van der Waals surface area contributed by atoms with Crippen LogP contribution in [0.25, 0.3) is 0 Å². The maximum absolute atomic E-state index is 12.4. The zero-order chi connectivity index (χ0) is 19.0. The van der Waals surface area contributed by atoms with E-state index >= 15 is 0 Å². The van der Waals surface area contributed by atoms with Crippen LogP contribution in [0.5, 0.6) is 0 Å². The molecule has 0 aromatic heterocycles. The summed E-state index contributed by atoms with van der Waals surface area (Å²) in [4.78, 5) is 50.2. The lowest BCUT2D eigenvalue weighted by molar-refractivity contribution is -0.141. The van der Waals surface area contributed by atoms with Crippen LogP contribution in [0, 0.1) is 5.92 Å². The van der Waals surface area contributed by atoms with Crippen molar-refractivity contribution in [3.05, 3.63) is 0 Å². The molecule has 0 saturated heterocycles. The molecule has 0 spiro atoms. The van der Waals surface area contributed by atoms with Gasteiger partial charge in [0.05, 0.1) is 6.04 Å². The third kappa shape index (κ3) is 6.29. The Morgan fingerprint density at radius 3 is 2.00 bits per heavy atom. The molecule has 0 aromatic rings. The van der Waals surface area contributed by atoms with Crippen molar-refractivity contribution in [2.24, 2.45) is 5.92 Å². The average molecular weight is 341 g/mol. The van der Waals surface area contributed by atoms with E-state index in [2.05, 4.69) is 5.32 Å². The molecule has 0 rings (SSSR count). The predicted molar refractivity (Wildman–Crippen MR) is 92.2 cm³/mol. The SMILES string of the molecule is CCC(=O)N(C)[C@@H](C)C(=O)N[C@@H](C)C(=O)N(C)[C@H](C=O)CC(C)C. The molecular formula is C17H31N3O4. The molecule has 138 valence electrons. The number of amides is 3. The van der Waals surface area contributed by atoms with E-state index in [1.807, 2.05) is 13.8 Å². The van der Waals surface area contributed by atoms with E-state index in [-0.39, 0.29) is 17.7 Å². The molecule has 0 aliphatic heterocycles. The first-order chi connectivity index (χ1) is 11.1. The summed E-state index contributed by atoms with van der Waals surface area (Å²) in [6.45, 7) is 8.85. The van der Waals surface area contributed by atoms with E-state index in [0.717, 1.165) is 6.29 Å². The van der Waals surface area contributed by atoms with E-state index in [1.165, 1.54) is 9.80 Å². The molecule has 7 nitrogen and oxygen atoms in total. The monoisotopic (exact) mass is 341 g/mol. The van der Waals surface area contributed by atoms with Crippen LogP contribution in [-0.2, 0) is 19.2 Å². The Bertz CT molecular complexity index is 465. The van der Waals surface area contributed by atoms with Gasteiger partial charge < -0.3 is 19.9 Å². The molecule has 0 bridgehead atoms. The van der Waals surface area contributed by atoms with E-state index in [9.17, 15) is 19.2 Å². The van der Waals surface area contributed by atoms with Gasteiger partial charge in [-0.1, -0.05) is 20.8 Å². The summed E-state index contributed by atoms with van der Waals surface area (Å²) in [5, 5.41) is 2.61. The van der Waals surface area contributed by atoms with Crippen molar-refractivity contribution in [2.45, 2.75) is 65.6 Å². The molecule has 1 N–H and O–H groups in total. The van der Waals surface area contributed by atoms with E-state index < -0.39 is 24.0 Å². The molecule has 0 heterocycles. The average Bonchev–Trinajstić information content (AvgIpc) is 2.55. The number of carbonyl (C=O) groups is 4. The number of hydrogen-bond donors (Lipinski definition) is 1. The zero-order valence-electron chi connectivity index (χ0n) is 15.8. The Labute approximate surface area is 144 Å². The van der Waals surface area contributed by atoms with Crippen molar-refractivity contribution in [2.75, 3.05) is 14.1 Å². The quantitative estimate of drug-likeness (QED) is 0.629. The Balaban J connectivity index is 4.82. The van der Waals surface area contributed by atoms with Gasteiger partial charge in [0.25, 0.3) is 0 Å². The molecule has 0 saturated carbocycles. The minimum Gasteiger partial charge on any atom is -0.343 e. The molecule has 7 heteroatoms. The summed E-state index contributed by atoms with van der Waals surface area (Å²) < 4.78 is 0. The Hall–Kier alpha value is -1.92. The standard InChI is InChI=1S/C17H31N3O4/c1-8-15(22)19(6)13(5)16(23)18-12(4)17(24)20(7)14(10-21)9-11(2)3/h10-14H,8-9H2,1-7H3,(H,18,23)/t12-,13-,14-/m0/s1. The Morgan fingerprint density at radius 2 is 1.58 bits per heavy atom. The molecular weight excluding hydrogens is 310 g/mol. The number of nitrogens with one attached hydrogen (secondary N) is 1. The first kappa shape index (κ1) is 22.1.